The SMILES string of the molecule is CCC(CC)C(=O)/C=C(\O)C(CC)CC.Cc1cc(C)c2c(C(C)C)cc(-c3cc(C4CCCCC4)c4ccccc4n3)[c-]c2c1.[Ir]. The van der Waals surface area contributed by atoms with Crippen molar-refractivity contribution >= 4 is 27.5 Å². The van der Waals surface area contributed by atoms with Gasteiger partial charge in [0.05, 0.1) is 11.3 Å². The van der Waals surface area contributed by atoms with Gasteiger partial charge in [0.1, 0.15) is 0 Å². The zero-order chi connectivity index (χ0) is 33.4. The number of carbonyl (C=O) groups is 1. The summed E-state index contributed by atoms with van der Waals surface area (Å²) in [6.45, 7) is 17.1. The first kappa shape index (κ1) is 38.6. The normalized spacial score (nSPS) is 14.1. The van der Waals surface area contributed by atoms with E-state index in [1.54, 1.807) is 0 Å². The van der Waals surface area contributed by atoms with Gasteiger partial charge in [-0.3, -0.25) is 9.78 Å². The molecule has 0 aliphatic heterocycles. The Labute approximate surface area is 298 Å². The van der Waals surface area contributed by atoms with E-state index in [9.17, 15) is 9.90 Å². The van der Waals surface area contributed by atoms with E-state index < -0.39 is 0 Å². The Morgan fingerprint density at radius 2 is 1.55 bits per heavy atom. The van der Waals surface area contributed by atoms with Crippen LogP contribution in [0.5, 0.6) is 0 Å². The molecule has 255 valence electrons. The van der Waals surface area contributed by atoms with Gasteiger partial charge in [-0.2, -0.15) is 0 Å². The molecule has 4 aromatic rings. The van der Waals surface area contributed by atoms with E-state index in [-0.39, 0.29) is 43.5 Å². The number of hydrogen-bond acceptors (Lipinski definition) is 3. The third-order valence-corrected chi connectivity index (χ3v) is 10.1. The van der Waals surface area contributed by atoms with Crippen molar-refractivity contribution in [1.29, 1.82) is 0 Å². The Kier molecular flexibility index (Phi) is 14.9. The number of rotatable bonds is 10. The number of aliphatic hydroxyl groups excluding tert-OH is 1. The summed E-state index contributed by atoms with van der Waals surface area (Å²) in [5.74, 6) is 1.65. The fourth-order valence-corrected chi connectivity index (χ4v) is 7.32. The molecule has 1 N–H and O–H groups in total. The summed E-state index contributed by atoms with van der Waals surface area (Å²) < 4.78 is 0. The van der Waals surface area contributed by atoms with Crippen molar-refractivity contribution in [2.75, 3.05) is 0 Å². The van der Waals surface area contributed by atoms with E-state index in [0.29, 0.717) is 11.8 Å². The minimum Gasteiger partial charge on any atom is -0.512 e. The predicted octanol–water partition coefficient (Wildman–Crippen LogP) is 12.5. The van der Waals surface area contributed by atoms with Crippen molar-refractivity contribution in [3.8, 4) is 11.3 Å². The molecule has 1 saturated carbocycles. The van der Waals surface area contributed by atoms with Crippen molar-refractivity contribution in [3.63, 3.8) is 0 Å². The number of allylic oxidation sites excluding steroid dienone is 2. The van der Waals surface area contributed by atoms with Crippen molar-refractivity contribution in [2.24, 2.45) is 11.8 Å². The number of benzene rings is 3. The number of nitrogens with zero attached hydrogens (tertiary/aromatic N) is 1. The third kappa shape index (κ3) is 9.42. The largest absolute Gasteiger partial charge is 0.512 e. The third-order valence-electron chi connectivity index (χ3n) is 10.1. The van der Waals surface area contributed by atoms with Crippen LogP contribution in [0.1, 0.15) is 133 Å². The zero-order valence-electron chi connectivity index (χ0n) is 30.0. The molecule has 3 aromatic carbocycles. The number of pyridine rings is 1. The number of aromatic nitrogens is 1. The number of ketones is 1. The van der Waals surface area contributed by atoms with Crippen LogP contribution in [0.25, 0.3) is 32.9 Å². The topological polar surface area (TPSA) is 50.2 Å². The average molecular weight is 811 g/mol. The minimum atomic E-state index is 0. The number of aryl methyl sites for hydroxylation is 2. The summed E-state index contributed by atoms with van der Waals surface area (Å²) in [4.78, 5) is 16.8. The number of para-hydroxylation sites is 1. The minimum absolute atomic E-state index is 0. The van der Waals surface area contributed by atoms with Crippen molar-refractivity contribution in [2.45, 2.75) is 125 Å². The molecule has 1 heterocycles. The van der Waals surface area contributed by atoms with Crippen LogP contribution in [-0.2, 0) is 24.9 Å². The van der Waals surface area contributed by atoms with Gasteiger partial charge in [0, 0.05) is 49.1 Å². The maximum absolute atomic E-state index is 11.7. The number of aliphatic hydroxyl groups is 1. The molecule has 47 heavy (non-hydrogen) atoms. The summed E-state index contributed by atoms with van der Waals surface area (Å²) in [5.41, 5.74) is 8.83. The second-order valence-corrected chi connectivity index (χ2v) is 13.7. The van der Waals surface area contributed by atoms with Crippen LogP contribution in [0.4, 0.5) is 0 Å². The molecular formula is C43H56IrNO2-. The molecule has 0 bridgehead atoms. The van der Waals surface area contributed by atoms with Crippen LogP contribution in [0.15, 0.2) is 60.4 Å². The zero-order valence-corrected chi connectivity index (χ0v) is 32.4. The maximum Gasteiger partial charge on any atom is 0.162 e. The van der Waals surface area contributed by atoms with Crippen LogP contribution < -0.4 is 0 Å². The molecule has 0 unspecified atom stereocenters. The van der Waals surface area contributed by atoms with Crippen LogP contribution >= 0.6 is 0 Å². The van der Waals surface area contributed by atoms with Gasteiger partial charge in [0.15, 0.2) is 5.78 Å². The van der Waals surface area contributed by atoms with E-state index >= 15 is 0 Å². The van der Waals surface area contributed by atoms with E-state index in [2.05, 4.69) is 82.3 Å². The Morgan fingerprint density at radius 3 is 2.17 bits per heavy atom. The van der Waals surface area contributed by atoms with Gasteiger partial charge in [0.25, 0.3) is 0 Å². The molecule has 1 fully saturated rings. The smallest absolute Gasteiger partial charge is 0.162 e. The van der Waals surface area contributed by atoms with Gasteiger partial charge in [0.2, 0.25) is 0 Å². The molecule has 1 radical (unpaired) electrons. The van der Waals surface area contributed by atoms with Crippen molar-refractivity contribution in [1.82, 2.24) is 4.98 Å². The molecule has 1 aliphatic rings. The molecule has 0 amide bonds. The van der Waals surface area contributed by atoms with Crippen LogP contribution in [0.2, 0.25) is 0 Å². The molecule has 4 heteroatoms. The van der Waals surface area contributed by atoms with Crippen molar-refractivity contribution < 1.29 is 30.0 Å². The quantitative estimate of drug-likeness (QED) is 0.0986. The average Bonchev–Trinajstić information content (AvgIpc) is 3.05. The second kappa shape index (κ2) is 18.1. The van der Waals surface area contributed by atoms with Crippen LogP contribution in [-0.4, -0.2) is 15.9 Å². The Morgan fingerprint density at radius 1 is 0.915 bits per heavy atom. The van der Waals surface area contributed by atoms with Gasteiger partial charge in [-0.25, -0.2) is 0 Å². The van der Waals surface area contributed by atoms with Gasteiger partial charge in [-0.05, 0) is 75.8 Å². The summed E-state index contributed by atoms with van der Waals surface area (Å²) in [6.07, 6.45) is 11.6. The molecule has 5 rings (SSSR count). The van der Waals surface area contributed by atoms with E-state index in [1.807, 2.05) is 27.7 Å². The van der Waals surface area contributed by atoms with E-state index in [1.165, 1.54) is 76.6 Å². The first-order chi connectivity index (χ1) is 22.1. The summed E-state index contributed by atoms with van der Waals surface area (Å²) >= 11 is 0. The fraction of sp³-hybridized carbons (Fsp3) is 0.488. The summed E-state index contributed by atoms with van der Waals surface area (Å²) in [7, 11) is 0. The molecule has 1 aliphatic carbocycles. The maximum atomic E-state index is 11.7. The predicted molar refractivity (Wildman–Crippen MR) is 197 cm³/mol. The number of hydrogen-bond donors (Lipinski definition) is 1. The number of carbonyl (C=O) groups excluding carboxylic acids is 1. The van der Waals surface area contributed by atoms with Crippen LogP contribution in [0.3, 0.4) is 0 Å². The van der Waals surface area contributed by atoms with E-state index in [0.717, 1.165) is 42.5 Å². The fourth-order valence-electron chi connectivity index (χ4n) is 7.32. The molecule has 0 atom stereocenters. The molecule has 0 spiro atoms. The van der Waals surface area contributed by atoms with Gasteiger partial charge in [-0.1, -0.05) is 113 Å². The first-order valence-corrected chi connectivity index (χ1v) is 17.9. The van der Waals surface area contributed by atoms with Crippen molar-refractivity contribution in [3.05, 3.63) is 88.7 Å². The number of fused-ring (bicyclic) bond motifs is 2. The molecular weight excluding hydrogens is 755 g/mol. The van der Waals surface area contributed by atoms with E-state index in [4.69, 9.17) is 4.98 Å². The standard InChI is InChI=1S/C30H32N.C13H24O2.Ir/c1-19(2)26-17-23(16-24-15-20(3)14-21(4)30(24)26)29-18-27(22-10-6-5-7-11-22)25-12-8-9-13-28(25)31-29;1-5-10(6-2)12(14)9-13(15)11(7-3)8-4;/h8-9,12-15,17-19,22H,5-7,10-11H2,1-4H3;9-11,14H,5-8H2,1-4H3;/q-1;;/b;12-9-;. The molecule has 3 nitrogen and oxygen atoms in total. The van der Waals surface area contributed by atoms with Gasteiger partial charge < -0.3 is 5.11 Å². The monoisotopic (exact) mass is 811 g/mol. The Hall–Kier alpha value is -2.81. The first-order valence-electron chi connectivity index (χ1n) is 17.9. The van der Waals surface area contributed by atoms with Gasteiger partial charge in [-0.15, -0.1) is 29.1 Å². The Balaban J connectivity index is 0.000000322. The van der Waals surface area contributed by atoms with Gasteiger partial charge >= 0.3 is 0 Å². The second-order valence-electron chi connectivity index (χ2n) is 13.7. The van der Waals surface area contributed by atoms with Crippen LogP contribution in [0, 0.1) is 31.7 Å². The summed E-state index contributed by atoms with van der Waals surface area (Å²) in [6, 6.07) is 21.7. The Bertz CT molecular complexity index is 1660. The molecule has 0 saturated heterocycles. The summed E-state index contributed by atoms with van der Waals surface area (Å²) in [5, 5.41) is 13.7. The molecule has 1 aromatic heterocycles.